The van der Waals surface area contributed by atoms with Gasteiger partial charge in [-0.1, -0.05) is 0 Å². The van der Waals surface area contributed by atoms with Gasteiger partial charge < -0.3 is 9.32 Å². The highest BCUT2D eigenvalue weighted by atomic mass is 32.2. The molecule has 0 saturated carbocycles. The van der Waals surface area contributed by atoms with Crippen molar-refractivity contribution in [3.8, 4) is 0 Å². The van der Waals surface area contributed by atoms with Crippen LogP contribution < -0.4 is 0 Å². The summed E-state index contributed by atoms with van der Waals surface area (Å²) in [6, 6.07) is 6.80. The number of sulfonamides is 1. The van der Waals surface area contributed by atoms with E-state index in [4.69, 9.17) is 4.42 Å². The summed E-state index contributed by atoms with van der Waals surface area (Å²) >= 11 is 0. The van der Waals surface area contributed by atoms with Gasteiger partial charge in [0.25, 0.3) is 5.91 Å². The molecule has 11 heteroatoms. The molecule has 1 saturated heterocycles. The average molecular weight is 383 g/mol. The molecule has 0 spiro atoms. The lowest BCUT2D eigenvalue weighted by molar-refractivity contribution is -0.402. The first kappa shape index (κ1) is 18.0. The third-order valence-corrected chi connectivity index (χ3v) is 5.87. The number of benzene rings is 1. The van der Waals surface area contributed by atoms with Gasteiger partial charge in [0.1, 0.15) is 10.7 Å². The molecule has 1 fully saturated rings. The number of nitro groups is 1. The van der Waals surface area contributed by atoms with E-state index in [0.717, 1.165) is 18.2 Å². The van der Waals surface area contributed by atoms with E-state index in [1.54, 1.807) is 0 Å². The van der Waals surface area contributed by atoms with Crippen molar-refractivity contribution >= 4 is 21.8 Å². The SMILES string of the molecule is O=C(c1ccc([N+](=O)[O-])o1)N1CCN(S(=O)(=O)c2ccc(F)cc2)CC1. The smallest absolute Gasteiger partial charge is 0.395 e. The van der Waals surface area contributed by atoms with Crippen LogP contribution in [0.1, 0.15) is 10.6 Å². The van der Waals surface area contributed by atoms with E-state index in [0.29, 0.717) is 0 Å². The molecule has 1 aromatic heterocycles. The standard InChI is InChI=1S/C15H14FN3O6S/c16-11-1-3-12(4-2-11)26(23,24)18-9-7-17(8-10-18)15(20)13-5-6-14(25-13)19(21)22/h1-6H,7-10H2. The van der Waals surface area contributed by atoms with Crippen LogP contribution in [0.25, 0.3) is 0 Å². The van der Waals surface area contributed by atoms with Crippen LogP contribution in [0.4, 0.5) is 10.3 Å². The number of carbonyl (C=O) groups is 1. The lowest BCUT2D eigenvalue weighted by Gasteiger charge is -2.33. The number of amides is 1. The number of hydrogen-bond acceptors (Lipinski definition) is 6. The zero-order chi connectivity index (χ0) is 18.9. The van der Waals surface area contributed by atoms with Gasteiger partial charge in [0, 0.05) is 26.2 Å². The van der Waals surface area contributed by atoms with Crippen LogP contribution in [0, 0.1) is 15.9 Å². The Bertz CT molecular complexity index is 933. The second-order valence-electron chi connectivity index (χ2n) is 5.55. The molecule has 0 atom stereocenters. The summed E-state index contributed by atoms with van der Waals surface area (Å²) in [6.07, 6.45) is 0. The molecule has 0 radical (unpaired) electrons. The Morgan fingerprint density at radius 3 is 2.23 bits per heavy atom. The molecule has 2 aromatic rings. The maximum atomic E-state index is 13.0. The predicted molar refractivity (Wildman–Crippen MR) is 86.4 cm³/mol. The number of nitrogens with zero attached hydrogens (tertiary/aromatic N) is 3. The average Bonchev–Trinajstić information content (AvgIpc) is 3.12. The van der Waals surface area contributed by atoms with Crippen LogP contribution in [0.15, 0.2) is 45.7 Å². The van der Waals surface area contributed by atoms with Crippen LogP contribution in [-0.2, 0) is 10.0 Å². The van der Waals surface area contributed by atoms with E-state index in [1.807, 2.05) is 0 Å². The third-order valence-electron chi connectivity index (χ3n) is 3.96. The number of hydrogen-bond donors (Lipinski definition) is 0. The second-order valence-corrected chi connectivity index (χ2v) is 7.48. The molecule has 9 nitrogen and oxygen atoms in total. The Kier molecular flexibility index (Phi) is 4.74. The first-order chi connectivity index (χ1) is 12.3. The van der Waals surface area contributed by atoms with Gasteiger partial charge in [0.05, 0.1) is 11.0 Å². The van der Waals surface area contributed by atoms with E-state index < -0.39 is 32.6 Å². The first-order valence-corrected chi connectivity index (χ1v) is 9.02. The molecule has 0 unspecified atom stereocenters. The number of halogens is 1. The van der Waals surface area contributed by atoms with E-state index in [9.17, 15) is 27.7 Å². The number of furan rings is 1. The molecule has 1 aliphatic rings. The van der Waals surface area contributed by atoms with E-state index in [2.05, 4.69) is 0 Å². The molecule has 0 N–H and O–H groups in total. The van der Waals surface area contributed by atoms with Gasteiger partial charge in [-0.25, -0.2) is 12.8 Å². The molecule has 138 valence electrons. The molecule has 1 amide bonds. The maximum absolute atomic E-state index is 13.0. The van der Waals surface area contributed by atoms with E-state index >= 15 is 0 Å². The van der Waals surface area contributed by atoms with Gasteiger partial charge in [-0.2, -0.15) is 4.31 Å². The molecule has 2 heterocycles. The zero-order valence-electron chi connectivity index (χ0n) is 13.4. The van der Waals surface area contributed by atoms with E-state index in [-0.39, 0.29) is 36.8 Å². The molecule has 0 aliphatic carbocycles. The predicted octanol–water partition coefficient (Wildman–Crippen LogP) is 1.47. The van der Waals surface area contributed by atoms with Gasteiger partial charge in [0.15, 0.2) is 5.76 Å². The second kappa shape index (κ2) is 6.84. The van der Waals surface area contributed by atoms with Crippen LogP contribution in [0.2, 0.25) is 0 Å². The summed E-state index contributed by atoms with van der Waals surface area (Å²) in [5, 5.41) is 10.6. The van der Waals surface area contributed by atoms with Crippen molar-refractivity contribution in [2.45, 2.75) is 4.90 Å². The van der Waals surface area contributed by atoms with Gasteiger partial charge in [-0.05, 0) is 30.3 Å². The summed E-state index contributed by atoms with van der Waals surface area (Å²) in [4.78, 5) is 23.5. The number of piperazine rings is 1. The van der Waals surface area contributed by atoms with Gasteiger partial charge in [0.2, 0.25) is 10.0 Å². The van der Waals surface area contributed by atoms with Crippen molar-refractivity contribution in [1.29, 1.82) is 0 Å². The Morgan fingerprint density at radius 2 is 1.69 bits per heavy atom. The van der Waals surface area contributed by atoms with Crippen LogP contribution in [-0.4, -0.2) is 54.6 Å². The fraction of sp³-hybridized carbons (Fsp3) is 0.267. The van der Waals surface area contributed by atoms with Gasteiger partial charge in [-0.15, -0.1) is 0 Å². The Morgan fingerprint density at radius 1 is 1.08 bits per heavy atom. The summed E-state index contributed by atoms with van der Waals surface area (Å²) in [6.45, 7) is 0.310. The topological polar surface area (TPSA) is 114 Å². The number of carbonyl (C=O) groups excluding carboxylic acids is 1. The minimum absolute atomic E-state index is 0.0275. The summed E-state index contributed by atoms with van der Waals surface area (Å²) in [5.74, 6) is -1.79. The fourth-order valence-corrected chi connectivity index (χ4v) is 4.01. The van der Waals surface area contributed by atoms with Crippen molar-refractivity contribution in [2.24, 2.45) is 0 Å². The van der Waals surface area contributed by atoms with E-state index in [1.165, 1.54) is 27.4 Å². The van der Waals surface area contributed by atoms with Crippen molar-refractivity contribution in [3.05, 3.63) is 58.1 Å². The number of rotatable bonds is 4. The largest absolute Gasteiger partial charge is 0.433 e. The van der Waals surface area contributed by atoms with Crippen molar-refractivity contribution in [1.82, 2.24) is 9.21 Å². The summed E-state index contributed by atoms with van der Waals surface area (Å²) in [5.41, 5.74) is 0. The van der Waals surface area contributed by atoms with Crippen molar-refractivity contribution < 1.29 is 26.9 Å². The Balaban J connectivity index is 1.67. The molecule has 26 heavy (non-hydrogen) atoms. The lowest BCUT2D eigenvalue weighted by Crippen LogP contribution is -2.50. The normalized spacial score (nSPS) is 15.8. The minimum atomic E-state index is -3.78. The van der Waals surface area contributed by atoms with Gasteiger partial charge in [-0.3, -0.25) is 14.9 Å². The van der Waals surface area contributed by atoms with Crippen LogP contribution >= 0.6 is 0 Å². The molecule has 1 aliphatic heterocycles. The van der Waals surface area contributed by atoms with Crippen LogP contribution in [0.3, 0.4) is 0 Å². The summed E-state index contributed by atoms with van der Waals surface area (Å²) in [7, 11) is -3.78. The molecular weight excluding hydrogens is 369 g/mol. The zero-order valence-corrected chi connectivity index (χ0v) is 14.2. The minimum Gasteiger partial charge on any atom is -0.395 e. The van der Waals surface area contributed by atoms with Crippen molar-refractivity contribution in [3.63, 3.8) is 0 Å². The maximum Gasteiger partial charge on any atom is 0.433 e. The Hall–Kier alpha value is -2.79. The van der Waals surface area contributed by atoms with Gasteiger partial charge >= 0.3 is 5.88 Å². The molecule has 3 rings (SSSR count). The summed E-state index contributed by atoms with van der Waals surface area (Å²) < 4.78 is 44.1. The fourth-order valence-electron chi connectivity index (χ4n) is 2.58. The highest BCUT2D eigenvalue weighted by Crippen LogP contribution is 2.21. The Labute approximate surface area is 147 Å². The molecule has 1 aromatic carbocycles. The molecule has 0 bridgehead atoms. The first-order valence-electron chi connectivity index (χ1n) is 7.58. The molecular formula is C15H14FN3O6S. The van der Waals surface area contributed by atoms with Crippen molar-refractivity contribution in [2.75, 3.05) is 26.2 Å². The quantitative estimate of drug-likeness (QED) is 0.583. The lowest BCUT2D eigenvalue weighted by atomic mass is 10.3. The van der Waals surface area contributed by atoms with Crippen LogP contribution in [0.5, 0.6) is 0 Å². The highest BCUT2D eigenvalue weighted by molar-refractivity contribution is 7.89. The monoisotopic (exact) mass is 383 g/mol. The highest BCUT2D eigenvalue weighted by Gasteiger charge is 2.31. The third kappa shape index (κ3) is 3.44.